The number of fused-ring (bicyclic) bond motifs is 5. The normalized spacial score (nSPS) is 50.2. The van der Waals surface area contributed by atoms with Crippen molar-refractivity contribution in [2.75, 3.05) is 6.54 Å². The molecule has 5 aliphatic rings. The molecular weight excluding hydrogens is 376 g/mol. The predicted molar refractivity (Wildman–Crippen MR) is 117 cm³/mol. The standard InChI is InChI=1S/C24H40N4O2/c1-4-24(30)12-8-17-16(13-24)7-10-22(2)18(17)9-11-23(3)19(5-6-21(22)23)20(29)14-28-26-15-25-27-28/h15-19,21,27,30H,4-14H2,1-3H3,(H,25,26). The molecule has 4 fully saturated rings. The van der Waals surface area contributed by atoms with Crippen molar-refractivity contribution < 1.29 is 9.90 Å². The molecule has 8 unspecified atom stereocenters. The number of carbonyl (C=O) groups excluding carboxylic acids is 1. The summed E-state index contributed by atoms with van der Waals surface area (Å²) in [6.07, 6.45) is 12.9. The lowest BCUT2D eigenvalue weighted by molar-refractivity contribution is -0.154. The SMILES string of the molecule is CCC1(O)CCC2C(CCC3(C)C2CCC2(C)C(C(=O)CN4NC=NN4)CCC23)C1. The number of hydrogen-bond donors (Lipinski definition) is 3. The van der Waals surface area contributed by atoms with Crippen LogP contribution < -0.4 is 11.0 Å². The topological polar surface area (TPSA) is 77.0 Å². The molecule has 168 valence electrons. The van der Waals surface area contributed by atoms with E-state index < -0.39 is 5.60 Å². The highest BCUT2D eigenvalue weighted by Gasteiger charge is 2.63. The number of ketones is 1. The van der Waals surface area contributed by atoms with Gasteiger partial charge in [-0.3, -0.25) is 10.2 Å². The van der Waals surface area contributed by atoms with Gasteiger partial charge in [0.1, 0.15) is 6.34 Å². The van der Waals surface area contributed by atoms with Crippen molar-refractivity contribution in [3.63, 3.8) is 0 Å². The second-order valence-corrected chi connectivity index (χ2v) is 11.7. The van der Waals surface area contributed by atoms with Gasteiger partial charge in [-0.2, -0.15) is 5.10 Å². The zero-order chi connectivity index (χ0) is 21.1. The van der Waals surface area contributed by atoms with Gasteiger partial charge in [0.25, 0.3) is 0 Å². The molecule has 0 aromatic rings. The van der Waals surface area contributed by atoms with E-state index in [0.717, 1.165) is 37.5 Å². The number of nitrogens with zero attached hydrogens (tertiary/aromatic N) is 2. The first-order chi connectivity index (χ1) is 14.3. The summed E-state index contributed by atoms with van der Waals surface area (Å²) >= 11 is 0. The maximum absolute atomic E-state index is 13.3. The van der Waals surface area contributed by atoms with E-state index in [1.54, 1.807) is 11.5 Å². The molecule has 1 heterocycles. The number of nitrogens with one attached hydrogen (secondary N) is 2. The van der Waals surface area contributed by atoms with Gasteiger partial charge in [-0.1, -0.05) is 20.8 Å². The molecule has 8 atom stereocenters. The molecule has 0 saturated heterocycles. The second-order valence-electron chi connectivity index (χ2n) is 11.7. The highest BCUT2D eigenvalue weighted by atomic mass is 16.3. The molecular formula is C24H40N4O2. The Kier molecular flexibility index (Phi) is 4.97. The Bertz CT molecular complexity index is 720. The molecule has 4 saturated carbocycles. The molecule has 1 aliphatic heterocycles. The minimum absolute atomic E-state index is 0.134. The summed E-state index contributed by atoms with van der Waals surface area (Å²) in [6.45, 7) is 7.52. The van der Waals surface area contributed by atoms with Crippen molar-refractivity contribution in [1.29, 1.82) is 0 Å². The van der Waals surface area contributed by atoms with Crippen molar-refractivity contribution >= 4 is 12.1 Å². The van der Waals surface area contributed by atoms with E-state index in [4.69, 9.17) is 0 Å². The number of hydrazine groups is 2. The Balaban J connectivity index is 1.33. The molecule has 4 aliphatic carbocycles. The van der Waals surface area contributed by atoms with E-state index in [1.807, 2.05) is 0 Å². The number of Topliss-reactive ketones (excluding diaryl/α,β-unsaturated/α-hetero) is 1. The number of hydrazone groups is 1. The summed E-state index contributed by atoms with van der Waals surface area (Å²) in [5.74, 6) is 3.44. The van der Waals surface area contributed by atoms with Crippen LogP contribution in [0.1, 0.15) is 85.0 Å². The van der Waals surface area contributed by atoms with Crippen LogP contribution in [0.15, 0.2) is 5.10 Å². The average molecular weight is 417 g/mol. The highest BCUT2D eigenvalue weighted by molar-refractivity contribution is 5.84. The van der Waals surface area contributed by atoms with Crippen molar-refractivity contribution in [3.05, 3.63) is 0 Å². The van der Waals surface area contributed by atoms with E-state index in [-0.39, 0.29) is 11.3 Å². The Morgan fingerprint density at radius 1 is 1.13 bits per heavy atom. The highest BCUT2D eigenvalue weighted by Crippen LogP contribution is 2.69. The first kappa shape index (κ1) is 20.7. The maximum atomic E-state index is 13.3. The predicted octanol–water partition coefficient (Wildman–Crippen LogP) is 3.62. The number of carbonyl (C=O) groups is 1. The molecule has 3 N–H and O–H groups in total. The van der Waals surface area contributed by atoms with E-state index in [2.05, 4.69) is 36.8 Å². The first-order valence-electron chi connectivity index (χ1n) is 12.3. The largest absolute Gasteiger partial charge is 0.390 e. The molecule has 0 bridgehead atoms. The van der Waals surface area contributed by atoms with Gasteiger partial charge in [0.05, 0.1) is 12.1 Å². The summed E-state index contributed by atoms with van der Waals surface area (Å²) in [6, 6.07) is 0. The monoisotopic (exact) mass is 416 g/mol. The van der Waals surface area contributed by atoms with E-state index in [1.165, 1.54) is 38.5 Å². The van der Waals surface area contributed by atoms with Gasteiger partial charge >= 0.3 is 0 Å². The Hall–Kier alpha value is -1.14. The maximum Gasteiger partial charge on any atom is 0.154 e. The first-order valence-corrected chi connectivity index (χ1v) is 12.3. The fraction of sp³-hybridized carbons (Fsp3) is 0.917. The number of rotatable bonds is 4. The van der Waals surface area contributed by atoms with E-state index in [9.17, 15) is 9.90 Å². The third-order valence-electron chi connectivity index (χ3n) is 10.6. The third kappa shape index (κ3) is 3.04. The Morgan fingerprint density at radius 3 is 2.67 bits per heavy atom. The van der Waals surface area contributed by atoms with Crippen molar-refractivity contribution in [3.8, 4) is 0 Å². The van der Waals surface area contributed by atoms with Gasteiger partial charge in [-0.05, 0) is 98.7 Å². The van der Waals surface area contributed by atoms with Crippen LogP contribution in [0.3, 0.4) is 0 Å². The smallest absolute Gasteiger partial charge is 0.154 e. The number of aliphatic hydroxyl groups is 1. The van der Waals surface area contributed by atoms with Crippen LogP contribution >= 0.6 is 0 Å². The lowest BCUT2D eigenvalue weighted by Gasteiger charge is -2.62. The summed E-state index contributed by atoms with van der Waals surface area (Å²) in [5, 5.41) is 16.5. The van der Waals surface area contributed by atoms with Crippen LogP contribution in [0.2, 0.25) is 0 Å². The van der Waals surface area contributed by atoms with Crippen LogP contribution in [0.4, 0.5) is 0 Å². The fourth-order valence-corrected chi connectivity index (χ4v) is 8.96. The van der Waals surface area contributed by atoms with Crippen LogP contribution in [-0.4, -0.2) is 34.5 Å². The van der Waals surface area contributed by atoms with E-state index >= 15 is 0 Å². The van der Waals surface area contributed by atoms with Crippen LogP contribution in [0, 0.1) is 40.4 Å². The minimum atomic E-state index is -0.412. The summed E-state index contributed by atoms with van der Waals surface area (Å²) in [7, 11) is 0. The Labute approximate surface area is 181 Å². The van der Waals surface area contributed by atoms with Gasteiger partial charge < -0.3 is 5.11 Å². The molecule has 5 rings (SSSR count). The Morgan fingerprint density at radius 2 is 1.93 bits per heavy atom. The molecule has 6 heteroatoms. The van der Waals surface area contributed by atoms with Gasteiger partial charge in [0.2, 0.25) is 0 Å². The van der Waals surface area contributed by atoms with Crippen LogP contribution in [-0.2, 0) is 4.79 Å². The van der Waals surface area contributed by atoms with Gasteiger partial charge in [-0.15, -0.1) is 5.12 Å². The summed E-state index contributed by atoms with van der Waals surface area (Å²) < 4.78 is 0. The molecule has 30 heavy (non-hydrogen) atoms. The van der Waals surface area contributed by atoms with Crippen molar-refractivity contribution in [1.82, 2.24) is 16.1 Å². The van der Waals surface area contributed by atoms with Gasteiger partial charge in [-0.25, -0.2) is 5.53 Å². The lowest BCUT2D eigenvalue weighted by atomic mass is 9.43. The van der Waals surface area contributed by atoms with Crippen LogP contribution in [0.5, 0.6) is 0 Å². The summed E-state index contributed by atoms with van der Waals surface area (Å²) in [5.41, 5.74) is 5.90. The second kappa shape index (κ2) is 7.19. The quantitative estimate of drug-likeness (QED) is 0.652. The van der Waals surface area contributed by atoms with Gasteiger partial charge in [0.15, 0.2) is 5.78 Å². The molecule has 0 aromatic heterocycles. The average Bonchev–Trinajstić information content (AvgIpc) is 3.35. The van der Waals surface area contributed by atoms with Gasteiger partial charge in [0, 0.05) is 5.92 Å². The third-order valence-corrected chi connectivity index (χ3v) is 10.6. The fourth-order valence-electron chi connectivity index (χ4n) is 8.96. The van der Waals surface area contributed by atoms with E-state index in [0.29, 0.717) is 29.6 Å². The summed E-state index contributed by atoms with van der Waals surface area (Å²) in [4.78, 5) is 13.3. The molecule has 0 aromatic carbocycles. The minimum Gasteiger partial charge on any atom is -0.390 e. The zero-order valence-corrected chi connectivity index (χ0v) is 19.0. The lowest BCUT2D eigenvalue weighted by Crippen LogP contribution is -2.56. The molecule has 6 nitrogen and oxygen atoms in total. The molecule has 0 radical (unpaired) electrons. The zero-order valence-electron chi connectivity index (χ0n) is 19.0. The van der Waals surface area contributed by atoms with Crippen molar-refractivity contribution in [2.45, 2.75) is 90.6 Å². The molecule has 0 amide bonds. The van der Waals surface area contributed by atoms with Crippen molar-refractivity contribution in [2.24, 2.45) is 45.5 Å². The number of hydrogen-bond acceptors (Lipinski definition) is 6. The molecule has 0 spiro atoms. The van der Waals surface area contributed by atoms with Crippen LogP contribution in [0.25, 0.3) is 0 Å².